The van der Waals surface area contributed by atoms with E-state index in [0.29, 0.717) is 4.83 Å². The van der Waals surface area contributed by atoms with Crippen LogP contribution in [0.3, 0.4) is 0 Å². The van der Waals surface area contributed by atoms with Crippen molar-refractivity contribution in [2.24, 2.45) is 5.92 Å². The van der Waals surface area contributed by atoms with Crippen LogP contribution in [-0.2, 0) is 4.79 Å². The van der Waals surface area contributed by atoms with Gasteiger partial charge in [-0.1, -0.05) is 29.8 Å². The van der Waals surface area contributed by atoms with E-state index in [1.807, 2.05) is 6.92 Å². The van der Waals surface area contributed by atoms with Crippen LogP contribution in [0.15, 0.2) is 0 Å². The molecule has 0 aliphatic carbocycles. The first-order valence-corrected chi connectivity index (χ1v) is 3.73. The maximum Gasteiger partial charge on any atom is 0.123 e. The normalized spacial score (nSPS) is 17.4. The van der Waals surface area contributed by atoms with Crippen molar-refractivity contribution < 1.29 is 4.79 Å². The fourth-order valence-electron chi connectivity index (χ4n) is 0.457. The highest BCUT2D eigenvalue weighted by atomic mass is 79.9. The van der Waals surface area contributed by atoms with Crippen LogP contribution in [-0.4, -0.2) is 11.1 Å². The lowest BCUT2D eigenvalue weighted by molar-refractivity contribution is -0.110. The molecule has 0 bridgehead atoms. The summed E-state index contributed by atoms with van der Waals surface area (Å²) in [6, 6.07) is 0. The maximum absolute atomic E-state index is 10.1. The fraction of sp³-hybridized carbons (Fsp3) is 0.833. The molecule has 8 heavy (non-hydrogen) atoms. The van der Waals surface area contributed by atoms with Gasteiger partial charge in [0.15, 0.2) is 0 Å². The summed E-state index contributed by atoms with van der Waals surface area (Å²) in [5.74, 6) is 0.153. The lowest BCUT2D eigenvalue weighted by atomic mass is 10.1. The molecule has 1 nitrogen and oxygen atoms in total. The number of alkyl halides is 1. The summed E-state index contributed by atoms with van der Waals surface area (Å²) in [4.78, 5) is 10.4. The lowest BCUT2D eigenvalue weighted by Crippen LogP contribution is -2.09. The van der Waals surface area contributed by atoms with Gasteiger partial charge < -0.3 is 4.79 Å². The van der Waals surface area contributed by atoms with Crippen LogP contribution in [0.2, 0.25) is 0 Å². The minimum Gasteiger partial charge on any atom is -0.303 e. The highest BCUT2D eigenvalue weighted by molar-refractivity contribution is 9.09. The van der Waals surface area contributed by atoms with Gasteiger partial charge in [-0.2, -0.15) is 0 Å². The second-order valence-corrected chi connectivity index (χ2v) is 3.10. The van der Waals surface area contributed by atoms with Crippen LogP contribution in [0, 0.1) is 5.92 Å². The summed E-state index contributed by atoms with van der Waals surface area (Å²) in [6.07, 6.45) is 1.99. The number of aldehydes is 1. The van der Waals surface area contributed by atoms with Crippen LogP contribution in [0.1, 0.15) is 20.3 Å². The molecule has 0 aromatic carbocycles. The second-order valence-electron chi connectivity index (χ2n) is 1.92. The first kappa shape index (κ1) is 8.15. The van der Waals surface area contributed by atoms with E-state index in [1.165, 1.54) is 0 Å². The van der Waals surface area contributed by atoms with E-state index >= 15 is 0 Å². The zero-order chi connectivity index (χ0) is 6.57. The lowest BCUT2D eigenvalue weighted by Gasteiger charge is -2.07. The molecule has 2 heteroatoms. The molecule has 0 aliphatic rings. The standard InChI is InChI=1S/C6H11BrO/c1-3-6(7)5(2)4-8/h4-6H,3H2,1-2H3. The average Bonchev–Trinajstić information content (AvgIpc) is 1.84. The van der Waals surface area contributed by atoms with E-state index < -0.39 is 0 Å². The number of carbonyl (C=O) groups is 1. The molecule has 0 heterocycles. The summed E-state index contributed by atoms with van der Waals surface area (Å²) in [7, 11) is 0. The Kier molecular flexibility index (Phi) is 4.15. The summed E-state index contributed by atoms with van der Waals surface area (Å²) >= 11 is 3.37. The van der Waals surface area contributed by atoms with Gasteiger partial charge in [-0.3, -0.25) is 0 Å². The predicted molar refractivity (Wildman–Crippen MR) is 38.2 cm³/mol. The van der Waals surface area contributed by atoms with Gasteiger partial charge in [0.25, 0.3) is 0 Å². The molecule has 0 saturated heterocycles. The van der Waals surface area contributed by atoms with Gasteiger partial charge in [-0.25, -0.2) is 0 Å². The smallest absolute Gasteiger partial charge is 0.123 e. The van der Waals surface area contributed by atoms with Gasteiger partial charge in [0.2, 0.25) is 0 Å². The van der Waals surface area contributed by atoms with Gasteiger partial charge in [0.1, 0.15) is 6.29 Å². The minimum absolute atomic E-state index is 0.153. The topological polar surface area (TPSA) is 17.1 Å². The highest BCUT2D eigenvalue weighted by Gasteiger charge is 2.08. The Balaban J connectivity index is 3.44. The van der Waals surface area contributed by atoms with E-state index in [-0.39, 0.29) is 5.92 Å². The van der Waals surface area contributed by atoms with Crippen LogP contribution >= 0.6 is 15.9 Å². The Morgan fingerprint density at radius 1 is 1.75 bits per heavy atom. The number of hydrogen-bond acceptors (Lipinski definition) is 1. The molecule has 2 unspecified atom stereocenters. The van der Waals surface area contributed by atoms with E-state index in [4.69, 9.17) is 0 Å². The Bertz CT molecular complexity index is 72.9. The van der Waals surface area contributed by atoms with E-state index in [9.17, 15) is 4.79 Å². The molecule has 48 valence electrons. The van der Waals surface area contributed by atoms with Crippen LogP contribution in [0.5, 0.6) is 0 Å². The number of halogens is 1. The van der Waals surface area contributed by atoms with E-state index in [1.54, 1.807) is 0 Å². The molecule has 0 fully saturated rings. The van der Waals surface area contributed by atoms with Crippen molar-refractivity contribution in [3.8, 4) is 0 Å². The number of carbonyl (C=O) groups excluding carboxylic acids is 1. The van der Waals surface area contributed by atoms with Gasteiger partial charge in [-0.05, 0) is 6.42 Å². The summed E-state index contributed by atoms with van der Waals surface area (Å²) < 4.78 is 0. The minimum atomic E-state index is 0.153. The molecular weight excluding hydrogens is 168 g/mol. The zero-order valence-electron chi connectivity index (χ0n) is 5.23. The second kappa shape index (κ2) is 4.07. The molecule has 0 rings (SSSR count). The van der Waals surface area contributed by atoms with Crippen molar-refractivity contribution in [3.05, 3.63) is 0 Å². The van der Waals surface area contributed by atoms with E-state index in [2.05, 4.69) is 22.9 Å². The Labute approximate surface area is 58.6 Å². The van der Waals surface area contributed by atoms with Crippen molar-refractivity contribution >= 4 is 22.2 Å². The molecule has 0 aliphatic heterocycles. The van der Waals surface area contributed by atoms with Gasteiger partial charge in [0, 0.05) is 10.7 Å². The monoisotopic (exact) mass is 178 g/mol. The maximum atomic E-state index is 10.1. The predicted octanol–water partition coefficient (Wildman–Crippen LogP) is 1.99. The SMILES string of the molecule is CCC(Br)C(C)C=O. The molecule has 0 saturated carbocycles. The molecule has 0 aromatic rings. The van der Waals surface area contributed by atoms with Gasteiger partial charge >= 0.3 is 0 Å². The molecule has 2 atom stereocenters. The van der Waals surface area contributed by atoms with Crippen LogP contribution in [0.4, 0.5) is 0 Å². The van der Waals surface area contributed by atoms with Gasteiger partial charge in [-0.15, -0.1) is 0 Å². The van der Waals surface area contributed by atoms with Crippen molar-refractivity contribution in [2.75, 3.05) is 0 Å². The quantitative estimate of drug-likeness (QED) is 0.478. The molecular formula is C6H11BrO. The molecule has 0 N–H and O–H groups in total. The summed E-state index contributed by atoms with van der Waals surface area (Å²) in [6.45, 7) is 3.97. The van der Waals surface area contributed by atoms with Crippen LogP contribution in [0.25, 0.3) is 0 Å². The van der Waals surface area contributed by atoms with Crippen molar-refractivity contribution in [1.82, 2.24) is 0 Å². The Morgan fingerprint density at radius 3 is 2.38 bits per heavy atom. The third-order valence-corrected chi connectivity index (χ3v) is 2.66. The first-order valence-electron chi connectivity index (χ1n) is 2.81. The third kappa shape index (κ3) is 2.46. The van der Waals surface area contributed by atoms with Gasteiger partial charge in [0.05, 0.1) is 0 Å². The van der Waals surface area contributed by atoms with Crippen molar-refractivity contribution in [1.29, 1.82) is 0 Å². The number of hydrogen-bond donors (Lipinski definition) is 0. The van der Waals surface area contributed by atoms with Crippen molar-refractivity contribution in [2.45, 2.75) is 25.1 Å². The molecule has 0 radical (unpaired) electrons. The Hall–Kier alpha value is 0.150. The summed E-state index contributed by atoms with van der Waals surface area (Å²) in [5, 5.41) is 0. The Morgan fingerprint density at radius 2 is 2.25 bits per heavy atom. The first-order chi connectivity index (χ1) is 3.72. The molecule has 0 aromatic heterocycles. The zero-order valence-corrected chi connectivity index (χ0v) is 6.81. The van der Waals surface area contributed by atoms with E-state index in [0.717, 1.165) is 12.7 Å². The fourth-order valence-corrected chi connectivity index (χ4v) is 0.582. The molecule has 0 amide bonds. The highest BCUT2D eigenvalue weighted by Crippen LogP contribution is 2.13. The van der Waals surface area contributed by atoms with Crippen LogP contribution < -0.4 is 0 Å². The molecule has 0 spiro atoms. The number of rotatable bonds is 3. The largest absolute Gasteiger partial charge is 0.303 e. The summed E-state index contributed by atoms with van der Waals surface area (Å²) in [5.41, 5.74) is 0. The average molecular weight is 179 g/mol. The van der Waals surface area contributed by atoms with Crippen molar-refractivity contribution in [3.63, 3.8) is 0 Å². The third-order valence-electron chi connectivity index (χ3n) is 1.18.